The number of nitrogens with zero attached hydrogens (tertiary/aromatic N) is 2. The molecule has 0 saturated carbocycles. The molecule has 34 heavy (non-hydrogen) atoms. The van der Waals surface area contributed by atoms with Crippen molar-refractivity contribution in [2.45, 2.75) is 0 Å². The van der Waals surface area contributed by atoms with E-state index in [2.05, 4.69) is 15.5 Å². The van der Waals surface area contributed by atoms with Crippen molar-refractivity contribution in [3.63, 3.8) is 0 Å². The minimum absolute atomic E-state index is 0.379. The van der Waals surface area contributed by atoms with E-state index in [1.165, 1.54) is 27.5 Å². The van der Waals surface area contributed by atoms with Crippen molar-refractivity contribution in [2.24, 2.45) is 5.10 Å². The molecule has 0 spiro atoms. The number of para-hydroxylation sites is 1. The van der Waals surface area contributed by atoms with Crippen LogP contribution in [0.1, 0.15) is 15.9 Å². The number of rotatable bonds is 7. The van der Waals surface area contributed by atoms with E-state index in [9.17, 15) is 4.79 Å². The summed E-state index contributed by atoms with van der Waals surface area (Å²) >= 11 is 6.37. The predicted octanol–water partition coefficient (Wildman–Crippen LogP) is 5.34. The number of benzene rings is 3. The fourth-order valence-electron chi connectivity index (χ4n) is 3.57. The van der Waals surface area contributed by atoms with E-state index in [4.69, 9.17) is 25.8 Å². The highest BCUT2D eigenvalue weighted by molar-refractivity contribution is 6.33. The monoisotopic (exact) mass is 475 g/mol. The van der Waals surface area contributed by atoms with Gasteiger partial charge in [-0.2, -0.15) is 5.10 Å². The lowest BCUT2D eigenvalue weighted by molar-refractivity contribution is 0.0956. The summed E-state index contributed by atoms with van der Waals surface area (Å²) in [4.78, 5) is 17.8. The SMILES string of the molecule is COc1cc(/C=N/NC(=O)c2cc(-c3ccccc3Cl)nc3ccccc23)cc(OC)c1OC. The van der Waals surface area contributed by atoms with Crippen LogP contribution in [0.5, 0.6) is 17.2 Å². The molecule has 7 nitrogen and oxygen atoms in total. The molecular weight excluding hydrogens is 454 g/mol. The van der Waals surface area contributed by atoms with Crippen LogP contribution in [0, 0.1) is 0 Å². The molecule has 0 radical (unpaired) electrons. The zero-order valence-electron chi connectivity index (χ0n) is 18.8. The van der Waals surface area contributed by atoms with Gasteiger partial charge in [-0.15, -0.1) is 0 Å². The molecular formula is C26H22ClN3O4. The van der Waals surface area contributed by atoms with Gasteiger partial charge in [-0.25, -0.2) is 10.4 Å². The summed E-state index contributed by atoms with van der Waals surface area (Å²) in [5.41, 5.74) is 5.70. The van der Waals surface area contributed by atoms with E-state index >= 15 is 0 Å². The summed E-state index contributed by atoms with van der Waals surface area (Å²) in [6.45, 7) is 0. The first-order chi connectivity index (χ1) is 16.5. The Balaban J connectivity index is 1.66. The second-order valence-corrected chi connectivity index (χ2v) is 7.62. The molecule has 0 fully saturated rings. The van der Waals surface area contributed by atoms with Crippen LogP contribution in [0.2, 0.25) is 5.02 Å². The van der Waals surface area contributed by atoms with Gasteiger partial charge >= 0.3 is 0 Å². The molecule has 1 aromatic heterocycles. The van der Waals surface area contributed by atoms with Crippen LogP contribution >= 0.6 is 11.6 Å². The molecule has 0 saturated heterocycles. The largest absolute Gasteiger partial charge is 0.493 e. The Morgan fingerprint density at radius 3 is 2.29 bits per heavy atom. The molecule has 1 N–H and O–H groups in total. The van der Waals surface area contributed by atoms with Crippen molar-refractivity contribution >= 4 is 34.6 Å². The second kappa shape index (κ2) is 10.2. The van der Waals surface area contributed by atoms with E-state index in [-0.39, 0.29) is 5.91 Å². The Bertz CT molecular complexity index is 1360. The molecule has 0 aliphatic rings. The van der Waals surface area contributed by atoms with Gasteiger partial charge in [0.15, 0.2) is 11.5 Å². The first-order valence-electron chi connectivity index (χ1n) is 10.3. The van der Waals surface area contributed by atoms with Gasteiger partial charge in [-0.1, -0.05) is 48.0 Å². The molecule has 0 atom stereocenters. The maximum absolute atomic E-state index is 13.1. The van der Waals surface area contributed by atoms with Crippen LogP contribution in [-0.4, -0.2) is 38.4 Å². The van der Waals surface area contributed by atoms with Crippen LogP contribution in [0.15, 0.2) is 71.8 Å². The molecule has 0 aliphatic heterocycles. The highest BCUT2D eigenvalue weighted by Gasteiger charge is 2.15. The summed E-state index contributed by atoms with van der Waals surface area (Å²) in [5.74, 6) is 1.07. The molecule has 0 aliphatic carbocycles. The second-order valence-electron chi connectivity index (χ2n) is 7.21. The summed E-state index contributed by atoms with van der Waals surface area (Å²) in [6.07, 6.45) is 1.50. The van der Waals surface area contributed by atoms with Crippen molar-refractivity contribution in [3.8, 4) is 28.5 Å². The minimum atomic E-state index is -0.379. The molecule has 172 valence electrons. The number of halogens is 1. The number of hydrogen-bond donors (Lipinski definition) is 1. The number of aromatic nitrogens is 1. The Labute approximate surface area is 201 Å². The molecule has 8 heteroatoms. The molecule has 4 rings (SSSR count). The van der Waals surface area contributed by atoms with Gasteiger partial charge < -0.3 is 14.2 Å². The average molecular weight is 476 g/mol. The van der Waals surface area contributed by atoms with Crippen molar-refractivity contribution < 1.29 is 19.0 Å². The van der Waals surface area contributed by atoms with Gasteiger partial charge in [0.2, 0.25) is 5.75 Å². The smallest absolute Gasteiger partial charge is 0.272 e. The van der Waals surface area contributed by atoms with Gasteiger partial charge in [-0.05, 0) is 30.3 Å². The quantitative estimate of drug-likeness (QED) is 0.288. The van der Waals surface area contributed by atoms with E-state index < -0.39 is 0 Å². The van der Waals surface area contributed by atoms with Crippen molar-refractivity contribution in [1.82, 2.24) is 10.4 Å². The molecule has 0 bridgehead atoms. The van der Waals surface area contributed by atoms with Crippen LogP contribution in [0.4, 0.5) is 0 Å². The standard InChI is InChI=1S/C26H22ClN3O4/c1-32-23-12-16(13-24(33-2)25(23)34-3)15-28-30-26(31)19-14-22(18-9-4-6-10-20(18)27)29-21-11-7-5-8-17(19)21/h4-15H,1-3H3,(H,30,31)/b28-15+. The summed E-state index contributed by atoms with van der Waals surface area (Å²) in [7, 11) is 4.60. The van der Waals surface area contributed by atoms with E-state index in [1.54, 1.807) is 24.3 Å². The molecule has 3 aromatic carbocycles. The van der Waals surface area contributed by atoms with Gasteiger partial charge in [0.25, 0.3) is 5.91 Å². The normalized spacial score (nSPS) is 10.9. The lowest BCUT2D eigenvalue weighted by Crippen LogP contribution is -2.18. The topological polar surface area (TPSA) is 82.0 Å². The first kappa shape index (κ1) is 23.1. The number of fused-ring (bicyclic) bond motifs is 1. The van der Waals surface area contributed by atoms with E-state index in [1.807, 2.05) is 42.5 Å². The Morgan fingerprint density at radius 1 is 0.941 bits per heavy atom. The summed E-state index contributed by atoms with van der Waals surface area (Å²) in [6, 6.07) is 20.0. The average Bonchev–Trinajstić information content (AvgIpc) is 2.87. The zero-order chi connectivity index (χ0) is 24.1. The number of carbonyl (C=O) groups is 1. The molecule has 4 aromatic rings. The van der Waals surface area contributed by atoms with Gasteiger partial charge in [0.1, 0.15) is 0 Å². The van der Waals surface area contributed by atoms with Gasteiger partial charge in [-0.3, -0.25) is 4.79 Å². The fourth-order valence-corrected chi connectivity index (χ4v) is 3.80. The number of pyridine rings is 1. The maximum atomic E-state index is 13.1. The highest BCUT2D eigenvalue weighted by atomic mass is 35.5. The zero-order valence-corrected chi connectivity index (χ0v) is 19.6. The fraction of sp³-hybridized carbons (Fsp3) is 0.115. The van der Waals surface area contributed by atoms with Crippen LogP contribution in [0.3, 0.4) is 0 Å². The molecule has 1 amide bonds. The number of ether oxygens (including phenoxy) is 3. The van der Waals surface area contributed by atoms with E-state index in [0.29, 0.717) is 50.0 Å². The number of methoxy groups -OCH3 is 3. The van der Waals surface area contributed by atoms with Crippen molar-refractivity contribution in [2.75, 3.05) is 21.3 Å². The van der Waals surface area contributed by atoms with Crippen molar-refractivity contribution in [3.05, 3.63) is 82.9 Å². The minimum Gasteiger partial charge on any atom is -0.493 e. The number of hydrogen-bond acceptors (Lipinski definition) is 6. The van der Waals surface area contributed by atoms with Crippen LogP contribution in [0.25, 0.3) is 22.2 Å². The lowest BCUT2D eigenvalue weighted by atomic mass is 10.0. The summed E-state index contributed by atoms with van der Waals surface area (Å²) in [5, 5.41) is 5.39. The lowest BCUT2D eigenvalue weighted by Gasteiger charge is -2.12. The number of hydrazone groups is 1. The predicted molar refractivity (Wildman–Crippen MR) is 133 cm³/mol. The first-order valence-corrected chi connectivity index (χ1v) is 10.7. The third-order valence-electron chi connectivity index (χ3n) is 5.18. The third kappa shape index (κ3) is 4.65. The number of nitrogens with one attached hydrogen (secondary N) is 1. The number of amides is 1. The van der Waals surface area contributed by atoms with Crippen molar-refractivity contribution in [1.29, 1.82) is 0 Å². The van der Waals surface area contributed by atoms with Crippen LogP contribution in [-0.2, 0) is 0 Å². The Kier molecular flexibility index (Phi) is 6.94. The third-order valence-corrected chi connectivity index (χ3v) is 5.51. The van der Waals surface area contributed by atoms with Crippen LogP contribution < -0.4 is 19.6 Å². The highest BCUT2D eigenvalue weighted by Crippen LogP contribution is 2.37. The van der Waals surface area contributed by atoms with E-state index in [0.717, 1.165) is 5.56 Å². The maximum Gasteiger partial charge on any atom is 0.272 e. The molecule has 1 heterocycles. The Morgan fingerprint density at radius 2 is 1.62 bits per heavy atom. The Hall–Kier alpha value is -4.10. The van der Waals surface area contributed by atoms with Gasteiger partial charge in [0, 0.05) is 21.5 Å². The molecule has 0 unspecified atom stereocenters. The summed E-state index contributed by atoms with van der Waals surface area (Å²) < 4.78 is 16.0. The number of carbonyl (C=O) groups excluding carboxylic acids is 1. The van der Waals surface area contributed by atoms with Gasteiger partial charge in [0.05, 0.1) is 44.3 Å².